The number of hydrogen-bond donors (Lipinski definition) is 0. The predicted molar refractivity (Wildman–Crippen MR) is 55.3 cm³/mol. The highest BCUT2D eigenvalue weighted by Crippen LogP contribution is 2.05. The number of carbonyl (C=O) groups is 1. The van der Waals surface area contributed by atoms with E-state index in [1.165, 1.54) is 33.0 Å². The van der Waals surface area contributed by atoms with Crippen LogP contribution >= 0.6 is 0 Å². The van der Waals surface area contributed by atoms with Crippen LogP contribution in [0.2, 0.25) is 0 Å². The van der Waals surface area contributed by atoms with Gasteiger partial charge in [0, 0.05) is 21.1 Å². The summed E-state index contributed by atoms with van der Waals surface area (Å²) in [4.78, 5) is 12.5. The van der Waals surface area contributed by atoms with Gasteiger partial charge in [0.1, 0.15) is 0 Å². The van der Waals surface area contributed by atoms with Crippen molar-refractivity contribution in [1.82, 2.24) is 9.21 Å². The van der Waals surface area contributed by atoms with E-state index in [2.05, 4.69) is 0 Å². The lowest BCUT2D eigenvalue weighted by atomic mass is 10.5. The van der Waals surface area contributed by atoms with Crippen LogP contribution in [0.25, 0.3) is 0 Å². The van der Waals surface area contributed by atoms with E-state index < -0.39 is 15.3 Å². The second-order valence-corrected chi connectivity index (χ2v) is 5.72. The van der Waals surface area contributed by atoms with Gasteiger partial charge in [0.15, 0.2) is 5.25 Å². The van der Waals surface area contributed by atoms with Crippen molar-refractivity contribution in [2.75, 3.05) is 27.7 Å². The summed E-state index contributed by atoms with van der Waals surface area (Å²) in [6.45, 7) is 1.04. The molecule has 0 radical (unpaired) electrons. The molecule has 0 saturated carbocycles. The molecular weight excluding hydrogens is 218 g/mol. The van der Waals surface area contributed by atoms with E-state index in [1.807, 2.05) is 0 Å². The summed E-state index contributed by atoms with van der Waals surface area (Å²) in [5, 5.41) is 7.37. The van der Waals surface area contributed by atoms with Crippen molar-refractivity contribution >= 4 is 15.9 Å². The van der Waals surface area contributed by atoms with Gasteiger partial charge in [0.05, 0.1) is 12.6 Å². The Hall–Kier alpha value is -1.13. The summed E-state index contributed by atoms with van der Waals surface area (Å²) in [7, 11) is 0.666. The fourth-order valence-electron chi connectivity index (χ4n) is 0.758. The Morgan fingerprint density at radius 1 is 1.40 bits per heavy atom. The first-order valence-electron chi connectivity index (χ1n) is 4.28. The molecule has 0 rings (SSSR count). The molecule has 0 bridgehead atoms. The van der Waals surface area contributed by atoms with Crippen LogP contribution < -0.4 is 0 Å². The summed E-state index contributed by atoms with van der Waals surface area (Å²) in [5.74, 6) is -0.328. The van der Waals surface area contributed by atoms with Gasteiger partial charge >= 0.3 is 0 Å². The van der Waals surface area contributed by atoms with Crippen LogP contribution in [0, 0.1) is 11.3 Å². The maximum Gasteiger partial charge on any atom is 0.237 e. The van der Waals surface area contributed by atoms with Gasteiger partial charge in [0.25, 0.3) is 0 Å². The first kappa shape index (κ1) is 13.9. The Balaban J connectivity index is 4.68. The van der Waals surface area contributed by atoms with Crippen LogP contribution in [0.4, 0.5) is 0 Å². The monoisotopic (exact) mass is 233 g/mol. The molecule has 0 aromatic carbocycles. The average Bonchev–Trinajstić information content (AvgIpc) is 2.15. The summed E-state index contributed by atoms with van der Waals surface area (Å²) < 4.78 is 24.0. The van der Waals surface area contributed by atoms with Crippen molar-refractivity contribution < 1.29 is 13.2 Å². The van der Waals surface area contributed by atoms with Gasteiger partial charge in [-0.15, -0.1) is 0 Å². The van der Waals surface area contributed by atoms with Gasteiger partial charge in [-0.3, -0.25) is 4.79 Å². The fourth-order valence-corrected chi connectivity index (χ4v) is 1.72. The molecule has 0 aromatic heterocycles. The number of hydrogen-bond acceptors (Lipinski definition) is 4. The first-order chi connectivity index (χ1) is 6.73. The highest BCUT2D eigenvalue weighted by molar-refractivity contribution is 7.89. The van der Waals surface area contributed by atoms with E-state index in [9.17, 15) is 13.2 Å². The molecule has 1 unspecified atom stereocenters. The Morgan fingerprint density at radius 2 is 1.87 bits per heavy atom. The fraction of sp³-hybridized carbons (Fsp3) is 0.750. The number of amides is 1. The zero-order valence-electron chi connectivity index (χ0n) is 9.26. The second kappa shape index (κ2) is 5.09. The molecule has 0 aliphatic heterocycles. The minimum Gasteiger partial charge on any atom is -0.348 e. The quantitative estimate of drug-likeness (QED) is 0.639. The largest absolute Gasteiger partial charge is 0.348 e. The Kier molecular flexibility index (Phi) is 4.71. The molecule has 0 aliphatic carbocycles. The van der Waals surface area contributed by atoms with E-state index in [1.54, 1.807) is 6.07 Å². The molecule has 6 nitrogen and oxygen atoms in total. The summed E-state index contributed by atoms with van der Waals surface area (Å²) in [6.07, 6.45) is 0. The van der Waals surface area contributed by atoms with Gasteiger partial charge in [-0.05, 0) is 6.92 Å². The Bertz CT molecular complexity index is 369. The minimum absolute atomic E-state index is 0.249. The highest BCUT2D eigenvalue weighted by atomic mass is 32.2. The summed E-state index contributed by atoms with van der Waals surface area (Å²) >= 11 is 0. The van der Waals surface area contributed by atoms with E-state index >= 15 is 0 Å². The molecule has 0 fully saturated rings. The second-order valence-electron chi connectivity index (χ2n) is 3.36. The van der Waals surface area contributed by atoms with E-state index in [-0.39, 0.29) is 12.5 Å². The smallest absolute Gasteiger partial charge is 0.237 e. The van der Waals surface area contributed by atoms with Gasteiger partial charge < -0.3 is 4.90 Å². The molecule has 1 atom stereocenters. The van der Waals surface area contributed by atoms with Crippen molar-refractivity contribution in [2.24, 2.45) is 0 Å². The molecule has 0 aromatic rings. The number of carbonyl (C=O) groups excluding carboxylic acids is 1. The lowest BCUT2D eigenvalue weighted by molar-refractivity contribution is -0.128. The molecule has 15 heavy (non-hydrogen) atoms. The van der Waals surface area contributed by atoms with E-state index in [0.29, 0.717) is 0 Å². The summed E-state index contributed by atoms with van der Waals surface area (Å²) in [5.41, 5.74) is 0. The Labute approximate surface area is 90.1 Å². The third-order valence-corrected chi connectivity index (χ3v) is 3.92. The number of nitriles is 1. The third-order valence-electron chi connectivity index (χ3n) is 1.92. The number of sulfonamides is 1. The van der Waals surface area contributed by atoms with Crippen molar-refractivity contribution in [2.45, 2.75) is 12.2 Å². The normalized spacial score (nSPS) is 13.3. The molecule has 86 valence electrons. The molecule has 0 saturated heterocycles. The van der Waals surface area contributed by atoms with Crippen LogP contribution in [0.3, 0.4) is 0 Å². The number of likely N-dealkylation sites (N-methyl/N-ethyl adjacent to an activating group) is 2. The molecule has 0 heterocycles. The molecular formula is C8H15N3O3S. The third kappa shape index (κ3) is 3.49. The van der Waals surface area contributed by atoms with E-state index in [0.717, 1.165) is 4.31 Å². The van der Waals surface area contributed by atoms with Crippen LogP contribution in [0.1, 0.15) is 6.92 Å². The van der Waals surface area contributed by atoms with E-state index in [4.69, 9.17) is 5.26 Å². The maximum atomic E-state index is 11.6. The van der Waals surface area contributed by atoms with Gasteiger partial charge in [0.2, 0.25) is 15.9 Å². The zero-order chi connectivity index (χ0) is 12.2. The highest BCUT2D eigenvalue weighted by Gasteiger charge is 2.27. The molecule has 7 heteroatoms. The van der Waals surface area contributed by atoms with Crippen molar-refractivity contribution in [3.05, 3.63) is 0 Å². The first-order valence-corrected chi connectivity index (χ1v) is 5.78. The Morgan fingerprint density at radius 3 is 2.20 bits per heavy atom. The van der Waals surface area contributed by atoms with Gasteiger partial charge in [-0.1, -0.05) is 0 Å². The van der Waals surface area contributed by atoms with Crippen LogP contribution in [-0.4, -0.2) is 56.5 Å². The van der Waals surface area contributed by atoms with Crippen LogP contribution in [-0.2, 0) is 14.8 Å². The van der Waals surface area contributed by atoms with Gasteiger partial charge in [-0.25, -0.2) is 8.42 Å². The van der Waals surface area contributed by atoms with Crippen molar-refractivity contribution in [3.8, 4) is 6.07 Å². The maximum absolute atomic E-state index is 11.6. The van der Waals surface area contributed by atoms with Crippen LogP contribution in [0.5, 0.6) is 0 Å². The SMILES string of the molecule is CC(C#N)S(=O)(=O)N(C)CC(=O)N(C)C. The molecule has 0 spiro atoms. The molecule has 1 amide bonds. The van der Waals surface area contributed by atoms with Crippen molar-refractivity contribution in [1.29, 1.82) is 5.26 Å². The standard InChI is InChI=1S/C8H15N3O3S/c1-7(5-9)15(13,14)11(4)6-8(12)10(2)3/h7H,6H2,1-4H3. The zero-order valence-corrected chi connectivity index (χ0v) is 10.1. The summed E-state index contributed by atoms with van der Waals surface area (Å²) in [6, 6.07) is 1.63. The number of nitrogens with zero attached hydrogens (tertiary/aromatic N) is 3. The molecule has 0 aliphatic rings. The van der Waals surface area contributed by atoms with Gasteiger partial charge in [-0.2, -0.15) is 9.57 Å². The molecule has 0 N–H and O–H groups in total. The topological polar surface area (TPSA) is 81.5 Å². The lowest BCUT2D eigenvalue weighted by Gasteiger charge is -2.19. The number of rotatable bonds is 4. The average molecular weight is 233 g/mol. The van der Waals surface area contributed by atoms with Crippen molar-refractivity contribution in [3.63, 3.8) is 0 Å². The minimum atomic E-state index is -3.69. The predicted octanol–water partition coefficient (Wildman–Crippen LogP) is -0.752. The van der Waals surface area contributed by atoms with Crippen LogP contribution in [0.15, 0.2) is 0 Å². The lowest BCUT2D eigenvalue weighted by Crippen LogP contribution is -2.41.